The number of benzene rings is 1. The highest BCUT2D eigenvalue weighted by molar-refractivity contribution is 5.90. The number of rotatable bonds is 4. The molecule has 21 heavy (non-hydrogen) atoms. The molecular formula is C16H24N2O3. The normalized spacial score (nSPS) is 11.8. The predicted octanol–water partition coefficient (Wildman–Crippen LogP) is 3.78. The van der Waals surface area contributed by atoms with Gasteiger partial charge in [-0.25, -0.2) is 4.79 Å². The van der Waals surface area contributed by atoms with Crippen molar-refractivity contribution in [2.75, 3.05) is 19.5 Å². The second kappa shape index (κ2) is 7.02. The van der Waals surface area contributed by atoms with Crippen LogP contribution in [-0.4, -0.2) is 20.3 Å². The number of anilines is 1. The van der Waals surface area contributed by atoms with E-state index in [-0.39, 0.29) is 11.4 Å². The van der Waals surface area contributed by atoms with Crippen molar-refractivity contribution in [3.05, 3.63) is 30.0 Å². The Labute approximate surface area is 126 Å². The van der Waals surface area contributed by atoms with Crippen LogP contribution in [0.15, 0.2) is 30.0 Å². The molecule has 2 N–H and O–H groups in total. The van der Waals surface area contributed by atoms with Gasteiger partial charge in [-0.1, -0.05) is 26.3 Å². The van der Waals surface area contributed by atoms with Gasteiger partial charge in [0.05, 0.1) is 14.2 Å². The first-order valence-corrected chi connectivity index (χ1v) is 6.74. The third-order valence-corrected chi connectivity index (χ3v) is 3.24. The number of allylic oxidation sites excluding steroid dienone is 1. The number of hydrogen-bond donors (Lipinski definition) is 2. The molecule has 0 aliphatic rings. The molecular weight excluding hydrogens is 268 g/mol. The third-order valence-electron chi connectivity index (χ3n) is 3.24. The van der Waals surface area contributed by atoms with Crippen molar-refractivity contribution in [3.8, 4) is 11.5 Å². The highest BCUT2D eigenvalue weighted by Gasteiger charge is 2.12. The molecule has 0 radical (unpaired) electrons. The first-order chi connectivity index (χ1) is 9.77. The molecule has 5 heteroatoms. The average molecular weight is 292 g/mol. The Hall–Kier alpha value is -2.17. The van der Waals surface area contributed by atoms with Crippen LogP contribution in [0.3, 0.4) is 0 Å². The maximum absolute atomic E-state index is 11.9. The summed E-state index contributed by atoms with van der Waals surface area (Å²) in [5, 5.41) is 5.46. The van der Waals surface area contributed by atoms with Gasteiger partial charge >= 0.3 is 6.03 Å². The molecule has 0 aliphatic carbocycles. The summed E-state index contributed by atoms with van der Waals surface area (Å²) in [7, 11) is 3.12. The van der Waals surface area contributed by atoms with E-state index in [1.807, 2.05) is 6.92 Å². The predicted molar refractivity (Wildman–Crippen MR) is 84.9 cm³/mol. The molecule has 0 fully saturated rings. The summed E-state index contributed by atoms with van der Waals surface area (Å²) < 4.78 is 10.3. The third kappa shape index (κ3) is 5.02. The van der Waals surface area contributed by atoms with E-state index in [1.165, 1.54) is 0 Å². The van der Waals surface area contributed by atoms with Gasteiger partial charge < -0.3 is 20.1 Å². The van der Waals surface area contributed by atoms with Crippen LogP contribution >= 0.6 is 0 Å². The molecule has 0 unspecified atom stereocenters. The van der Waals surface area contributed by atoms with Gasteiger partial charge in [0.2, 0.25) is 0 Å². The number of hydrogen-bond acceptors (Lipinski definition) is 3. The van der Waals surface area contributed by atoms with E-state index >= 15 is 0 Å². The summed E-state index contributed by atoms with van der Waals surface area (Å²) in [6, 6.07) is 4.90. The van der Waals surface area contributed by atoms with E-state index in [4.69, 9.17) is 9.47 Å². The molecule has 0 bridgehead atoms. The van der Waals surface area contributed by atoms with Gasteiger partial charge in [-0.15, -0.1) is 0 Å². The Morgan fingerprint density at radius 3 is 2.29 bits per heavy atom. The number of methoxy groups -OCH3 is 2. The van der Waals surface area contributed by atoms with Crippen molar-refractivity contribution >= 4 is 11.7 Å². The summed E-state index contributed by atoms with van der Waals surface area (Å²) in [4.78, 5) is 11.9. The summed E-state index contributed by atoms with van der Waals surface area (Å²) in [5.74, 6) is 1.18. The fraction of sp³-hybridized carbons (Fsp3) is 0.438. The first-order valence-electron chi connectivity index (χ1n) is 6.74. The van der Waals surface area contributed by atoms with Crippen LogP contribution in [0.5, 0.6) is 11.5 Å². The topological polar surface area (TPSA) is 59.6 Å². The molecule has 2 amide bonds. The summed E-state index contributed by atoms with van der Waals surface area (Å²) in [5.41, 5.74) is 1.74. The summed E-state index contributed by atoms with van der Waals surface area (Å²) in [6.45, 7) is 8.25. The lowest BCUT2D eigenvalue weighted by Gasteiger charge is -2.19. The van der Waals surface area contributed by atoms with Crippen LogP contribution in [0.25, 0.3) is 0 Å². The molecule has 5 nitrogen and oxygen atoms in total. The van der Waals surface area contributed by atoms with Crippen molar-refractivity contribution in [3.63, 3.8) is 0 Å². The average Bonchev–Trinajstić information content (AvgIpc) is 2.43. The fourth-order valence-corrected chi connectivity index (χ4v) is 1.47. The molecule has 1 aromatic carbocycles. The van der Waals surface area contributed by atoms with Crippen LogP contribution < -0.4 is 20.1 Å². The summed E-state index contributed by atoms with van der Waals surface area (Å²) >= 11 is 0. The van der Waals surface area contributed by atoms with E-state index in [2.05, 4.69) is 31.4 Å². The van der Waals surface area contributed by atoms with Gasteiger partial charge in [-0.2, -0.15) is 0 Å². The molecule has 0 atom stereocenters. The minimum absolute atomic E-state index is 0.0244. The Morgan fingerprint density at radius 2 is 1.76 bits per heavy atom. The van der Waals surface area contributed by atoms with Crippen LogP contribution in [0.1, 0.15) is 27.7 Å². The maximum Gasteiger partial charge on any atom is 0.323 e. The number of ether oxygens (including phenoxy) is 2. The van der Waals surface area contributed by atoms with Crippen molar-refractivity contribution < 1.29 is 14.3 Å². The fourth-order valence-electron chi connectivity index (χ4n) is 1.47. The van der Waals surface area contributed by atoms with Crippen LogP contribution in [-0.2, 0) is 0 Å². The van der Waals surface area contributed by atoms with Crippen molar-refractivity contribution in [2.45, 2.75) is 27.7 Å². The van der Waals surface area contributed by atoms with E-state index in [0.29, 0.717) is 17.2 Å². The van der Waals surface area contributed by atoms with Gasteiger partial charge in [-0.3, -0.25) is 0 Å². The molecule has 0 aromatic heterocycles. The lowest BCUT2D eigenvalue weighted by Crippen LogP contribution is -2.25. The highest BCUT2D eigenvalue weighted by atomic mass is 16.5. The van der Waals surface area contributed by atoms with E-state index < -0.39 is 0 Å². The SMILES string of the molecule is COc1ccc(NC(=O)N/C=C(\C)C(C)(C)C)cc1OC. The number of amides is 2. The zero-order valence-electron chi connectivity index (χ0n) is 13.5. The van der Waals surface area contributed by atoms with Crippen molar-refractivity contribution in [1.29, 1.82) is 0 Å². The number of carbonyl (C=O) groups is 1. The highest BCUT2D eigenvalue weighted by Crippen LogP contribution is 2.29. The molecule has 1 aromatic rings. The molecule has 1 rings (SSSR count). The molecule has 0 spiro atoms. The standard InChI is InChI=1S/C16H24N2O3/c1-11(16(2,3)4)10-17-15(19)18-12-7-8-13(20-5)14(9-12)21-6/h7-10H,1-6H3,(H2,17,18,19)/b11-10+. The van der Waals surface area contributed by atoms with Crippen molar-refractivity contribution in [2.24, 2.45) is 5.41 Å². The van der Waals surface area contributed by atoms with Crippen LogP contribution in [0.2, 0.25) is 0 Å². The van der Waals surface area contributed by atoms with Gasteiger partial charge in [0, 0.05) is 18.0 Å². The monoisotopic (exact) mass is 292 g/mol. The minimum atomic E-state index is -0.300. The number of carbonyl (C=O) groups excluding carboxylic acids is 1. The number of urea groups is 1. The summed E-state index contributed by atoms with van der Waals surface area (Å²) in [6.07, 6.45) is 1.72. The van der Waals surface area contributed by atoms with Gasteiger partial charge in [0.25, 0.3) is 0 Å². The second-order valence-corrected chi connectivity index (χ2v) is 5.75. The van der Waals surface area contributed by atoms with Gasteiger partial charge in [0.15, 0.2) is 11.5 Å². The van der Waals surface area contributed by atoms with Crippen LogP contribution in [0.4, 0.5) is 10.5 Å². The Bertz CT molecular complexity index is 531. The van der Waals surface area contributed by atoms with Gasteiger partial charge in [0.1, 0.15) is 0 Å². The Morgan fingerprint density at radius 1 is 1.14 bits per heavy atom. The maximum atomic E-state index is 11.9. The van der Waals surface area contributed by atoms with Gasteiger partial charge in [-0.05, 0) is 24.5 Å². The number of nitrogens with one attached hydrogen (secondary N) is 2. The molecule has 0 saturated heterocycles. The lowest BCUT2D eigenvalue weighted by molar-refractivity contribution is 0.255. The molecule has 0 saturated carbocycles. The Balaban J connectivity index is 2.72. The Kier molecular flexibility index (Phi) is 5.64. The smallest absolute Gasteiger partial charge is 0.323 e. The molecule has 116 valence electrons. The molecule has 0 heterocycles. The quantitative estimate of drug-likeness (QED) is 0.888. The zero-order valence-corrected chi connectivity index (χ0v) is 13.5. The second-order valence-electron chi connectivity index (χ2n) is 5.75. The van der Waals surface area contributed by atoms with E-state index in [0.717, 1.165) is 5.57 Å². The minimum Gasteiger partial charge on any atom is -0.493 e. The van der Waals surface area contributed by atoms with E-state index in [9.17, 15) is 4.79 Å². The zero-order chi connectivity index (χ0) is 16.0. The first kappa shape index (κ1) is 16.9. The molecule has 0 aliphatic heterocycles. The lowest BCUT2D eigenvalue weighted by atomic mass is 9.88. The largest absolute Gasteiger partial charge is 0.493 e. The van der Waals surface area contributed by atoms with Crippen molar-refractivity contribution in [1.82, 2.24) is 5.32 Å². The van der Waals surface area contributed by atoms with E-state index in [1.54, 1.807) is 38.6 Å². The van der Waals surface area contributed by atoms with Crippen LogP contribution in [0, 0.1) is 5.41 Å².